The van der Waals surface area contributed by atoms with Gasteiger partial charge in [-0.1, -0.05) is 196 Å². The predicted molar refractivity (Wildman–Crippen MR) is 247 cm³/mol. The summed E-state index contributed by atoms with van der Waals surface area (Å²) in [6.45, 7) is 4.77. The van der Waals surface area contributed by atoms with Crippen molar-refractivity contribution < 1.29 is 0 Å². The molecule has 59 heavy (non-hydrogen) atoms. The topological polar surface area (TPSA) is 3.24 Å². The summed E-state index contributed by atoms with van der Waals surface area (Å²) >= 11 is 0. The molecule has 2 aliphatic rings. The first kappa shape index (κ1) is 35.0. The minimum Gasteiger partial charge on any atom is -0.310 e. The Labute approximate surface area is 347 Å². The third kappa shape index (κ3) is 5.46. The molecule has 9 aromatic rings. The van der Waals surface area contributed by atoms with Crippen LogP contribution in [0.1, 0.15) is 47.2 Å². The van der Waals surface area contributed by atoms with E-state index in [0.29, 0.717) is 0 Å². The van der Waals surface area contributed by atoms with Gasteiger partial charge in [-0.15, -0.1) is 0 Å². The maximum Gasteiger partial charge on any atom is 0.0719 e. The lowest BCUT2D eigenvalue weighted by Crippen LogP contribution is -2.40. The molecule has 0 amide bonds. The van der Waals surface area contributed by atoms with Crippen LogP contribution in [0.5, 0.6) is 0 Å². The molecular weight excluding hydrogens is 711 g/mol. The van der Waals surface area contributed by atoms with Crippen LogP contribution >= 0.6 is 0 Å². The van der Waals surface area contributed by atoms with E-state index in [9.17, 15) is 0 Å². The Bertz CT molecular complexity index is 2910. The van der Waals surface area contributed by atoms with Gasteiger partial charge in [-0.05, 0) is 120 Å². The number of hydrogen-bond acceptors (Lipinski definition) is 1. The number of fused-ring (bicyclic) bond motifs is 9. The van der Waals surface area contributed by atoms with Crippen molar-refractivity contribution in [2.45, 2.75) is 24.7 Å². The number of hydrogen-bond donors (Lipinski definition) is 0. The second kappa shape index (κ2) is 13.7. The highest BCUT2D eigenvalue weighted by molar-refractivity contribution is 5.93. The Hall–Kier alpha value is -7.22. The van der Waals surface area contributed by atoms with Crippen LogP contribution in [0.25, 0.3) is 44.5 Å². The van der Waals surface area contributed by atoms with E-state index in [4.69, 9.17) is 0 Å². The van der Waals surface area contributed by atoms with Crippen molar-refractivity contribution in [2.24, 2.45) is 0 Å². The van der Waals surface area contributed by atoms with Gasteiger partial charge in [0, 0.05) is 22.5 Å². The van der Waals surface area contributed by atoms with Gasteiger partial charge in [-0.2, -0.15) is 0 Å². The van der Waals surface area contributed by atoms with Gasteiger partial charge in [0.2, 0.25) is 0 Å². The largest absolute Gasteiger partial charge is 0.310 e. The van der Waals surface area contributed by atoms with Gasteiger partial charge in [0.15, 0.2) is 0 Å². The first-order chi connectivity index (χ1) is 29.0. The highest BCUT2D eigenvalue weighted by atomic mass is 15.1. The summed E-state index contributed by atoms with van der Waals surface area (Å²) in [6, 6.07) is 83.0. The maximum absolute atomic E-state index is 2.46. The second-order valence-electron chi connectivity index (χ2n) is 16.5. The molecule has 0 saturated heterocycles. The van der Waals surface area contributed by atoms with E-state index in [1.54, 1.807) is 0 Å². The number of nitrogens with zero attached hydrogens (tertiary/aromatic N) is 1. The fourth-order valence-electron chi connectivity index (χ4n) is 10.2. The lowest BCUT2D eigenvalue weighted by atomic mass is 9.55. The molecule has 0 aromatic heterocycles. The van der Waals surface area contributed by atoms with Crippen LogP contribution in [-0.4, -0.2) is 0 Å². The SMILES string of the molecule is CC1(C)c2ccccc2C2(c3ccccc3-c3cc(N(c4cccc(-c5ccccc5)c4)c4cc(-c5ccccc5)cc(-c5ccccc5)c4)ccc32)c2ccccc21. The Morgan fingerprint density at radius 1 is 0.271 bits per heavy atom. The van der Waals surface area contributed by atoms with Crippen molar-refractivity contribution in [3.8, 4) is 44.5 Å². The van der Waals surface area contributed by atoms with Gasteiger partial charge in [0.25, 0.3) is 0 Å². The molecule has 9 aromatic carbocycles. The predicted octanol–water partition coefficient (Wildman–Crippen LogP) is 15.2. The van der Waals surface area contributed by atoms with Crippen molar-refractivity contribution in [1.29, 1.82) is 0 Å². The fourth-order valence-corrected chi connectivity index (χ4v) is 10.2. The first-order valence-corrected chi connectivity index (χ1v) is 20.7. The van der Waals surface area contributed by atoms with Crippen molar-refractivity contribution in [2.75, 3.05) is 4.90 Å². The van der Waals surface area contributed by atoms with Crippen LogP contribution in [0.3, 0.4) is 0 Å². The zero-order valence-electron chi connectivity index (χ0n) is 33.3. The van der Waals surface area contributed by atoms with Gasteiger partial charge in [0.05, 0.1) is 5.41 Å². The molecule has 0 fully saturated rings. The smallest absolute Gasteiger partial charge is 0.0719 e. The average molecular weight is 754 g/mol. The van der Waals surface area contributed by atoms with Gasteiger partial charge in [-0.3, -0.25) is 0 Å². The zero-order chi connectivity index (χ0) is 39.6. The number of anilines is 3. The van der Waals surface area contributed by atoms with E-state index < -0.39 is 5.41 Å². The molecule has 2 aliphatic carbocycles. The lowest BCUT2D eigenvalue weighted by molar-refractivity contribution is 0.563. The molecule has 0 aliphatic heterocycles. The van der Waals surface area contributed by atoms with Crippen LogP contribution in [0.4, 0.5) is 17.1 Å². The van der Waals surface area contributed by atoms with Crippen molar-refractivity contribution in [3.05, 3.63) is 258 Å². The molecule has 1 heteroatoms. The Kier molecular flexibility index (Phi) is 8.13. The highest BCUT2D eigenvalue weighted by Gasteiger charge is 2.53. The quantitative estimate of drug-likeness (QED) is 0.163. The highest BCUT2D eigenvalue weighted by Crippen LogP contribution is 2.62. The van der Waals surface area contributed by atoms with Gasteiger partial charge >= 0.3 is 0 Å². The van der Waals surface area contributed by atoms with Crippen LogP contribution in [0.15, 0.2) is 224 Å². The normalized spacial score (nSPS) is 13.9. The third-order valence-corrected chi connectivity index (χ3v) is 12.9. The van der Waals surface area contributed by atoms with E-state index in [0.717, 1.165) is 17.1 Å². The van der Waals surface area contributed by atoms with Crippen molar-refractivity contribution in [1.82, 2.24) is 0 Å². The van der Waals surface area contributed by atoms with Crippen LogP contribution in [0, 0.1) is 0 Å². The Morgan fingerprint density at radius 2 is 0.695 bits per heavy atom. The van der Waals surface area contributed by atoms with Crippen LogP contribution < -0.4 is 4.90 Å². The zero-order valence-corrected chi connectivity index (χ0v) is 33.3. The van der Waals surface area contributed by atoms with Crippen LogP contribution in [-0.2, 0) is 10.8 Å². The second-order valence-corrected chi connectivity index (χ2v) is 16.5. The molecule has 0 radical (unpaired) electrons. The summed E-state index contributed by atoms with van der Waals surface area (Å²) in [7, 11) is 0. The third-order valence-electron chi connectivity index (χ3n) is 12.9. The summed E-state index contributed by atoms with van der Waals surface area (Å²) in [4.78, 5) is 2.46. The van der Waals surface area contributed by atoms with Gasteiger partial charge in [-0.25, -0.2) is 0 Å². The molecule has 280 valence electrons. The Morgan fingerprint density at radius 3 is 1.27 bits per heavy atom. The molecule has 0 bridgehead atoms. The van der Waals surface area contributed by atoms with E-state index in [-0.39, 0.29) is 5.41 Å². The number of rotatable bonds is 6. The van der Waals surface area contributed by atoms with E-state index in [1.165, 1.54) is 77.9 Å². The number of benzene rings is 9. The van der Waals surface area contributed by atoms with Crippen molar-refractivity contribution >= 4 is 17.1 Å². The van der Waals surface area contributed by atoms with Gasteiger partial charge < -0.3 is 4.90 Å². The summed E-state index contributed by atoms with van der Waals surface area (Å²) in [6.07, 6.45) is 0. The molecule has 0 heterocycles. The lowest BCUT2D eigenvalue weighted by Gasteiger charge is -2.46. The average Bonchev–Trinajstić information content (AvgIpc) is 3.59. The molecule has 1 nitrogen and oxygen atoms in total. The molecular formula is C58H43N. The molecule has 0 saturated carbocycles. The van der Waals surface area contributed by atoms with E-state index in [2.05, 4.69) is 243 Å². The molecule has 0 atom stereocenters. The summed E-state index contributed by atoms with van der Waals surface area (Å²) < 4.78 is 0. The van der Waals surface area contributed by atoms with Crippen molar-refractivity contribution in [3.63, 3.8) is 0 Å². The summed E-state index contributed by atoms with van der Waals surface area (Å²) in [5, 5.41) is 0. The van der Waals surface area contributed by atoms with E-state index >= 15 is 0 Å². The first-order valence-electron chi connectivity index (χ1n) is 20.7. The van der Waals surface area contributed by atoms with Gasteiger partial charge in [0.1, 0.15) is 0 Å². The fraction of sp³-hybridized carbons (Fsp3) is 0.0690. The minimum atomic E-state index is -0.446. The molecule has 11 rings (SSSR count). The molecule has 0 unspecified atom stereocenters. The standard InChI is InChI=1S/C58H43N/c1-57(2)53-29-14-16-31-55(53)58(56-32-17-15-30-54(56)57)51-28-13-12-27-49(51)50-39-47(33-34-52(50)58)59(46-26-18-25-43(36-46)40-19-6-3-7-20-40)48-37-44(41-21-8-4-9-22-41)35-45(38-48)42-23-10-5-11-24-42/h3-39H,1-2H3. The summed E-state index contributed by atoms with van der Waals surface area (Å²) in [5.41, 5.74) is 20.6. The van der Waals surface area contributed by atoms with E-state index in [1.807, 2.05) is 0 Å². The maximum atomic E-state index is 2.46. The van der Waals surface area contributed by atoms with Crippen LogP contribution in [0.2, 0.25) is 0 Å². The minimum absolute atomic E-state index is 0.142. The molecule has 1 spiro atoms. The molecule has 0 N–H and O–H groups in total. The Balaban J connectivity index is 1.18. The monoisotopic (exact) mass is 753 g/mol. The summed E-state index contributed by atoms with van der Waals surface area (Å²) in [5.74, 6) is 0.